The minimum absolute atomic E-state index is 0.324. The first kappa shape index (κ1) is 33.2. The summed E-state index contributed by atoms with van der Waals surface area (Å²) in [6.45, 7) is 10.8. The highest BCUT2D eigenvalue weighted by molar-refractivity contribution is 6.11. The van der Waals surface area contributed by atoms with Crippen LogP contribution < -0.4 is 0 Å². The van der Waals surface area contributed by atoms with Gasteiger partial charge in [-0.15, -0.1) is 0 Å². The molecule has 0 N–H and O–H groups in total. The number of carbonyl (C=O) groups excluding carboxylic acids is 2. The van der Waals surface area contributed by atoms with Crippen LogP contribution in [0.2, 0.25) is 0 Å². The summed E-state index contributed by atoms with van der Waals surface area (Å²) < 4.78 is 15.9. The highest BCUT2D eigenvalue weighted by atomic mass is 16.5. The molecule has 0 bridgehead atoms. The van der Waals surface area contributed by atoms with Crippen LogP contribution in [0, 0.1) is 13.8 Å². The van der Waals surface area contributed by atoms with E-state index < -0.39 is 11.9 Å². The third-order valence-electron chi connectivity index (χ3n) is 9.24. The van der Waals surface area contributed by atoms with E-state index in [0.29, 0.717) is 24.6 Å². The average Bonchev–Trinajstić information content (AvgIpc) is 3.60. The van der Waals surface area contributed by atoms with E-state index in [1.54, 1.807) is 0 Å². The molecule has 0 atom stereocenters. The van der Waals surface area contributed by atoms with Crippen LogP contribution >= 0.6 is 0 Å². The fourth-order valence-corrected chi connectivity index (χ4v) is 6.88. The molecule has 4 aromatic heterocycles. The Balaban J connectivity index is 0.990. The van der Waals surface area contributed by atoms with Gasteiger partial charge in [0.15, 0.2) is 0 Å². The molecular formula is C40H46N4O4. The van der Waals surface area contributed by atoms with Gasteiger partial charge in [-0.2, -0.15) is 0 Å². The number of hydrogen-bond acceptors (Lipinski definition) is 6. The van der Waals surface area contributed by atoms with Gasteiger partial charge < -0.3 is 18.6 Å². The maximum Gasteiger partial charge on any atom is 0.356 e. The maximum absolute atomic E-state index is 13.0. The molecule has 0 spiro atoms. The highest BCUT2D eigenvalue weighted by Gasteiger charge is 2.19. The van der Waals surface area contributed by atoms with Crippen molar-refractivity contribution in [2.24, 2.45) is 0 Å². The number of unbranched alkanes of at least 4 members (excludes halogenated alkanes) is 5. The summed E-state index contributed by atoms with van der Waals surface area (Å²) in [5.74, 6) is -0.792. The zero-order valence-electron chi connectivity index (χ0n) is 28.7. The van der Waals surface area contributed by atoms with Gasteiger partial charge in [-0.3, -0.25) is 0 Å². The standard InChI is InChI=1S/C40H46N4O4/c1-5-7-21-43-35-19-13-11-17-29(35)31-25-33(41-27(3)37(31)43)39(45)47-23-15-9-10-16-24-48-40(46)34-26-32-30-18-12-14-20-36(30)44(22-8-6-2)38(32)28(4)42-34/h11-14,17-20,25-26H,5-10,15-16,21-24H2,1-4H3. The van der Waals surface area contributed by atoms with Crippen LogP contribution in [0.4, 0.5) is 0 Å². The van der Waals surface area contributed by atoms with Gasteiger partial charge in [-0.1, -0.05) is 63.1 Å². The Hall–Kier alpha value is -4.72. The Kier molecular flexibility index (Phi) is 10.4. The fourth-order valence-electron chi connectivity index (χ4n) is 6.88. The maximum atomic E-state index is 13.0. The number of rotatable bonds is 15. The summed E-state index contributed by atoms with van der Waals surface area (Å²) >= 11 is 0. The molecule has 8 heteroatoms. The van der Waals surface area contributed by atoms with Gasteiger partial charge in [0.1, 0.15) is 11.4 Å². The first-order valence-electron chi connectivity index (χ1n) is 17.5. The number of fused-ring (bicyclic) bond motifs is 6. The number of benzene rings is 2. The number of ether oxygens (including phenoxy) is 2. The van der Waals surface area contributed by atoms with Gasteiger partial charge in [0, 0.05) is 45.7 Å². The van der Waals surface area contributed by atoms with Crippen molar-refractivity contribution >= 4 is 55.6 Å². The van der Waals surface area contributed by atoms with Gasteiger partial charge in [-0.05, 0) is 76.6 Å². The molecule has 0 fully saturated rings. The van der Waals surface area contributed by atoms with Crippen LogP contribution in [0.3, 0.4) is 0 Å². The average molecular weight is 647 g/mol. The van der Waals surface area contributed by atoms with E-state index in [1.807, 2.05) is 38.1 Å². The summed E-state index contributed by atoms with van der Waals surface area (Å²) in [5, 5.41) is 4.34. The van der Waals surface area contributed by atoms with Crippen molar-refractivity contribution in [3.05, 3.63) is 83.4 Å². The van der Waals surface area contributed by atoms with E-state index in [-0.39, 0.29) is 0 Å². The van der Waals surface area contributed by atoms with Crippen molar-refractivity contribution in [3.63, 3.8) is 0 Å². The molecule has 0 saturated heterocycles. The summed E-state index contributed by atoms with van der Waals surface area (Å²) in [6.07, 6.45) is 7.57. The molecule has 0 aliphatic rings. The molecule has 0 radical (unpaired) electrons. The van der Waals surface area contributed by atoms with Crippen molar-refractivity contribution in [1.82, 2.24) is 19.1 Å². The third kappa shape index (κ3) is 6.66. The lowest BCUT2D eigenvalue weighted by Gasteiger charge is -2.10. The van der Waals surface area contributed by atoms with Gasteiger partial charge in [-0.25, -0.2) is 19.6 Å². The number of esters is 2. The molecule has 2 aromatic carbocycles. The summed E-state index contributed by atoms with van der Waals surface area (Å²) in [4.78, 5) is 35.2. The predicted molar refractivity (Wildman–Crippen MR) is 193 cm³/mol. The monoisotopic (exact) mass is 646 g/mol. The Morgan fingerprint density at radius 1 is 0.583 bits per heavy atom. The number of aryl methyl sites for hydroxylation is 4. The lowest BCUT2D eigenvalue weighted by atomic mass is 10.1. The SMILES string of the molecule is CCCCn1c2ccccc2c2cc(C(=O)OCCCCCCOC(=O)c3cc4c5ccccc5n(CCCC)c4c(C)n3)nc(C)c21. The van der Waals surface area contributed by atoms with Crippen LogP contribution in [0.25, 0.3) is 43.6 Å². The molecule has 0 amide bonds. The van der Waals surface area contributed by atoms with E-state index in [2.05, 4.69) is 69.3 Å². The highest BCUT2D eigenvalue weighted by Crippen LogP contribution is 2.33. The molecular weight excluding hydrogens is 600 g/mol. The van der Waals surface area contributed by atoms with Crippen LogP contribution in [0.5, 0.6) is 0 Å². The number of hydrogen-bond donors (Lipinski definition) is 0. The van der Waals surface area contributed by atoms with E-state index >= 15 is 0 Å². The van der Waals surface area contributed by atoms with Crippen LogP contribution in [0.1, 0.15) is 97.6 Å². The Bertz CT molecular complexity index is 1940. The van der Waals surface area contributed by atoms with E-state index in [0.717, 1.165) is 108 Å². The molecule has 0 aliphatic carbocycles. The molecule has 6 aromatic rings. The van der Waals surface area contributed by atoms with Crippen molar-refractivity contribution in [1.29, 1.82) is 0 Å². The van der Waals surface area contributed by atoms with E-state index in [1.165, 1.54) is 11.0 Å². The van der Waals surface area contributed by atoms with E-state index in [4.69, 9.17) is 9.47 Å². The first-order chi connectivity index (χ1) is 23.4. The summed E-state index contributed by atoms with van der Waals surface area (Å²) in [5.41, 5.74) is 6.87. The first-order valence-corrected chi connectivity index (χ1v) is 17.5. The Morgan fingerprint density at radius 2 is 1.00 bits per heavy atom. The minimum Gasteiger partial charge on any atom is -0.461 e. The molecule has 250 valence electrons. The molecule has 48 heavy (non-hydrogen) atoms. The molecule has 0 unspecified atom stereocenters. The predicted octanol–water partition coefficient (Wildman–Crippen LogP) is 9.48. The Morgan fingerprint density at radius 3 is 1.42 bits per heavy atom. The molecule has 8 nitrogen and oxygen atoms in total. The second-order valence-electron chi connectivity index (χ2n) is 12.7. The normalized spacial score (nSPS) is 11.7. The van der Waals surface area contributed by atoms with Crippen molar-refractivity contribution in [2.45, 2.75) is 92.2 Å². The summed E-state index contributed by atoms with van der Waals surface area (Å²) in [6, 6.07) is 20.4. The molecule has 0 saturated carbocycles. The largest absolute Gasteiger partial charge is 0.461 e. The van der Waals surface area contributed by atoms with Gasteiger partial charge >= 0.3 is 11.9 Å². The van der Waals surface area contributed by atoms with Gasteiger partial charge in [0.25, 0.3) is 0 Å². The topological polar surface area (TPSA) is 88.2 Å². The zero-order chi connectivity index (χ0) is 33.6. The second kappa shape index (κ2) is 15.0. The molecule has 0 aliphatic heterocycles. The van der Waals surface area contributed by atoms with Crippen LogP contribution in [0.15, 0.2) is 60.7 Å². The fraction of sp³-hybridized carbons (Fsp3) is 0.400. The van der Waals surface area contributed by atoms with Crippen molar-refractivity contribution in [3.8, 4) is 0 Å². The minimum atomic E-state index is -0.396. The second-order valence-corrected chi connectivity index (χ2v) is 12.7. The lowest BCUT2D eigenvalue weighted by Crippen LogP contribution is -2.11. The van der Waals surface area contributed by atoms with Gasteiger partial charge in [0.05, 0.1) is 35.6 Å². The molecule has 6 rings (SSSR count). The number of pyridine rings is 2. The quantitative estimate of drug-likeness (QED) is 0.0816. The third-order valence-corrected chi connectivity index (χ3v) is 9.24. The number of nitrogens with zero attached hydrogens (tertiary/aromatic N) is 4. The zero-order valence-corrected chi connectivity index (χ0v) is 28.7. The molecule has 4 heterocycles. The van der Waals surface area contributed by atoms with Crippen LogP contribution in [-0.2, 0) is 22.6 Å². The number of para-hydroxylation sites is 2. The number of carbonyl (C=O) groups is 2. The van der Waals surface area contributed by atoms with Crippen LogP contribution in [-0.4, -0.2) is 44.3 Å². The van der Waals surface area contributed by atoms with E-state index in [9.17, 15) is 9.59 Å². The smallest absolute Gasteiger partial charge is 0.356 e. The summed E-state index contributed by atoms with van der Waals surface area (Å²) in [7, 11) is 0. The Labute approximate surface area is 282 Å². The lowest BCUT2D eigenvalue weighted by molar-refractivity contribution is 0.0467. The van der Waals surface area contributed by atoms with Crippen molar-refractivity contribution < 1.29 is 19.1 Å². The van der Waals surface area contributed by atoms with Gasteiger partial charge in [0.2, 0.25) is 0 Å². The van der Waals surface area contributed by atoms with Crippen molar-refractivity contribution in [2.75, 3.05) is 13.2 Å². The number of aromatic nitrogens is 4.